The van der Waals surface area contributed by atoms with Gasteiger partial charge >= 0.3 is 0 Å². The third-order valence-corrected chi connectivity index (χ3v) is 6.18. The highest BCUT2D eigenvalue weighted by Crippen LogP contribution is 2.38. The van der Waals surface area contributed by atoms with Crippen molar-refractivity contribution >= 4 is 11.9 Å². The van der Waals surface area contributed by atoms with Crippen molar-refractivity contribution in [2.45, 2.75) is 18.8 Å². The van der Waals surface area contributed by atoms with Crippen molar-refractivity contribution < 1.29 is 32.6 Å². The molecule has 2 aliphatic heterocycles. The lowest BCUT2D eigenvalue weighted by Crippen LogP contribution is -2.55. The second-order valence-electron chi connectivity index (χ2n) is 8.39. The maximum atomic E-state index is 13.9. The minimum absolute atomic E-state index is 0.0974. The summed E-state index contributed by atoms with van der Waals surface area (Å²) in [5, 5.41) is 14.2. The average molecular weight is 500 g/mol. The van der Waals surface area contributed by atoms with Crippen LogP contribution in [0.15, 0.2) is 54.1 Å². The summed E-state index contributed by atoms with van der Waals surface area (Å²) in [7, 11) is 1.58. The lowest BCUT2D eigenvalue weighted by molar-refractivity contribution is -0.145. The molecule has 0 aliphatic carbocycles. The highest BCUT2D eigenvalue weighted by Gasteiger charge is 2.51. The molecule has 2 aromatic carbocycles. The SMILES string of the molecule is COc1cc(C=CC2OCCN3C2=NOC3(CO)c2cc(F)c(F)c(F)c2)ccc1-n1cnc(C)c1. The first-order chi connectivity index (χ1) is 17.4. The third kappa shape index (κ3) is 3.99. The minimum Gasteiger partial charge on any atom is -0.495 e. The molecule has 2 unspecified atom stereocenters. The molecule has 0 amide bonds. The summed E-state index contributed by atoms with van der Waals surface area (Å²) in [5.74, 6) is -3.42. The number of rotatable bonds is 6. The molecule has 3 aromatic rings. The molecule has 0 bridgehead atoms. The Morgan fingerprint density at radius 3 is 2.67 bits per heavy atom. The van der Waals surface area contributed by atoms with E-state index < -0.39 is 35.9 Å². The number of aliphatic hydroxyl groups is 1. The van der Waals surface area contributed by atoms with E-state index >= 15 is 0 Å². The molecule has 0 spiro atoms. The first-order valence-electron chi connectivity index (χ1n) is 11.1. The van der Waals surface area contributed by atoms with Gasteiger partial charge in [0.25, 0.3) is 5.72 Å². The number of benzene rings is 2. The molecule has 1 N–H and O–H groups in total. The Hall–Kier alpha value is -3.83. The largest absolute Gasteiger partial charge is 0.495 e. The molecule has 0 saturated carbocycles. The van der Waals surface area contributed by atoms with E-state index in [0.717, 1.165) is 29.1 Å². The number of methoxy groups -OCH3 is 1. The Kier molecular flexibility index (Phi) is 6.19. The Morgan fingerprint density at radius 2 is 2.00 bits per heavy atom. The number of hydrogen-bond donors (Lipinski definition) is 1. The fourth-order valence-electron chi connectivity index (χ4n) is 4.35. The Bertz CT molecular complexity index is 1340. The summed E-state index contributed by atoms with van der Waals surface area (Å²) >= 11 is 0. The smallest absolute Gasteiger partial charge is 0.260 e. The third-order valence-electron chi connectivity index (χ3n) is 6.18. The molecular weight excluding hydrogens is 477 g/mol. The van der Waals surface area contributed by atoms with Gasteiger partial charge in [0, 0.05) is 18.3 Å². The Labute approximate surface area is 204 Å². The van der Waals surface area contributed by atoms with Crippen LogP contribution in [0, 0.1) is 24.4 Å². The highest BCUT2D eigenvalue weighted by molar-refractivity contribution is 5.91. The van der Waals surface area contributed by atoms with E-state index in [-0.39, 0.29) is 18.7 Å². The van der Waals surface area contributed by atoms with Crippen LogP contribution in [0.1, 0.15) is 16.8 Å². The molecule has 1 saturated heterocycles. The van der Waals surface area contributed by atoms with E-state index in [1.165, 1.54) is 0 Å². The molecule has 2 aliphatic rings. The van der Waals surface area contributed by atoms with Crippen LogP contribution in [-0.2, 0) is 15.3 Å². The molecular formula is C25H23F3N4O4. The summed E-state index contributed by atoms with van der Waals surface area (Å²) in [6.45, 7) is 1.69. The predicted octanol–water partition coefficient (Wildman–Crippen LogP) is 3.51. The van der Waals surface area contributed by atoms with Crippen LogP contribution in [-0.4, -0.2) is 58.4 Å². The number of oxime groups is 1. The predicted molar refractivity (Wildman–Crippen MR) is 124 cm³/mol. The molecule has 11 heteroatoms. The van der Waals surface area contributed by atoms with Crippen molar-refractivity contribution in [1.29, 1.82) is 0 Å². The quantitative estimate of drug-likeness (QED) is 0.522. The minimum atomic E-state index is -1.70. The van der Waals surface area contributed by atoms with Gasteiger partial charge in [-0.05, 0) is 42.8 Å². The van der Waals surface area contributed by atoms with Crippen molar-refractivity contribution in [3.8, 4) is 11.4 Å². The lowest BCUT2D eigenvalue weighted by atomic mass is 9.99. The molecule has 8 nitrogen and oxygen atoms in total. The van der Waals surface area contributed by atoms with Gasteiger partial charge in [-0.3, -0.25) is 0 Å². The van der Waals surface area contributed by atoms with Crippen molar-refractivity contribution in [1.82, 2.24) is 14.5 Å². The van der Waals surface area contributed by atoms with Crippen molar-refractivity contribution in [3.63, 3.8) is 0 Å². The zero-order valence-corrected chi connectivity index (χ0v) is 19.5. The number of ether oxygens (including phenoxy) is 2. The standard InChI is InChI=1S/C25H23F3N4O4/c1-15-12-31(14-29-15)20-5-3-16(9-22(20)34-2)4-6-21-24-30-36-25(13-33,32(24)7-8-35-21)17-10-18(26)23(28)19(27)11-17/h3-6,9-12,14,21,33H,7-8,13H2,1-2H3. The number of aliphatic hydroxyl groups excluding tert-OH is 1. The van der Waals surface area contributed by atoms with Gasteiger partial charge in [0.15, 0.2) is 23.3 Å². The zero-order chi connectivity index (χ0) is 25.4. The zero-order valence-electron chi connectivity index (χ0n) is 19.5. The highest BCUT2D eigenvalue weighted by atomic mass is 19.2. The summed E-state index contributed by atoms with van der Waals surface area (Å²) < 4.78 is 54.7. The van der Waals surface area contributed by atoms with E-state index in [9.17, 15) is 18.3 Å². The van der Waals surface area contributed by atoms with Gasteiger partial charge in [0.1, 0.15) is 18.5 Å². The van der Waals surface area contributed by atoms with Crippen molar-refractivity contribution in [3.05, 3.63) is 83.2 Å². The topological polar surface area (TPSA) is 81.3 Å². The summed E-state index contributed by atoms with van der Waals surface area (Å²) in [5.41, 5.74) is 0.734. The monoisotopic (exact) mass is 500 g/mol. The fraction of sp³-hybridized carbons (Fsp3) is 0.280. The normalized spacial score (nSPS) is 21.4. The van der Waals surface area contributed by atoms with Crippen molar-refractivity contribution in [2.24, 2.45) is 5.16 Å². The number of imidazole rings is 1. The van der Waals surface area contributed by atoms with E-state index in [0.29, 0.717) is 11.6 Å². The van der Waals surface area contributed by atoms with Crippen LogP contribution in [0.5, 0.6) is 5.75 Å². The first-order valence-corrected chi connectivity index (χ1v) is 11.1. The maximum Gasteiger partial charge on any atom is 0.260 e. The van der Waals surface area contributed by atoms with E-state index in [2.05, 4.69) is 10.1 Å². The number of aromatic nitrogens is 2. The second kappa shape index (κ2) is 9.32. The van der Waals surface area contributed by atoms with E-state index in [1.54, 1.807) is 24.4 Å². The molecule has 36 heavy (non-hydrogen) atoms. The fourth-order valence-corrected chi connectivity index (χ4v) is 4.35. The lowest BCUT2D eigenvalue weighted by Gasteiger charge is -2.39. The molecule has 188 valence electrons. The van der Waals surface area contributed by atoms with Crippen LogP contribution in [0.2, 0.25) is 0 Å². The number of morpholine rings is 1. The summed E-state index contributed by atoms with van der Waals surface area (Å²) in [6, 6.07) is 7.25. The number of halogens is 3. The van der Waals surface area contributed by atoms with E-state index in [1.807, 2.05) is 42.0 Å². The van der Waals surface area contributed by atoms with E-state index in [4.69, 9.17) is 14.3 Å². The van der Waals surface area contributed by atoms with Gasteiger partial charge in [0.2, 0.25) is 0 Å². The number of hydrogen-bond acceptors (Lipinski definition) is 7. The van der Waals surface area contributed by atoms with Gasteiger partial charge < -0.3 is 28.9 Å². The number of nitrogens with zero attached hydrogens (tertiary/aromatic N) is 4. The molecule has 1 aromatic heterocycles. The number of aryl methyl sites for hydroxylation is 1. The van der Waals surface area contributed by atoms with Crippen LogP contribution in [0.4, 0.5) is 13.2 Å². The number of amidine groups is 1. The number of fused-ring (bicyclic) bond motifs is 1. The molecule has 3 heterocycles. The summed E-state index contributed by atoms with van der Waals surface area (Å²) in [6.07, 6.45) is 6.51. The van der Waals surface area contributed by atoms with Crippen LogP contribution in [0.3, 0.4) is 0 Å². The van der Waals surface area contributed by atoms with Gasteiger partial charge in [-0.1, -0.05) is 17.3 Å². The molecule has 0 radical (unpaired) electrons. The van der Waals surface area contributed by atoms with Gasteiger partial charge in [0.05, 0.1) is 31.4 Å². The summed E-state index contributed by atoms with van der Waals surface area (Å²) in [4.78, 5) is 11.3. The molecule has 5 rings (SSSR count). The first kappa shape index (κ1) is 23.9. The van der Waals surface area contributed by atoms with Gasteiger partial charge in [-0.25, -0.2) is 18.2 Å². The van der Waals surface area contributed by atoms with Crippen LogP contribution in [0.25, 0.3) is 11.8 Å². The van der Waals surface area contributed by atoms with Crippen LogP contribution >= 0.6 is 0 Å². The van der Waals surface area contributed by atoms with Gasteiger partial charge in [-0.15, -0.1) is 0 Å². The molecule has 1 fully saturated rings. The van der Waals surface area contributed by atoms with Gasteiger partial charge in [-0.2, -0.15) is 0 Å². The Morgan fingerprint density at radius 1 is 1.22 bits per heavy atom. The average Bonchev–Trinajstić information content (AvgIpc) is 3.50. The molecule has 2 atom stereocenters. The second-order valence-corrected chi connectivity index (χ2v) is 8.39. The Balaban J connectivity index is 1.40. The van der Waals surface area contributed by atoms with Crippen LogP contribution < -0.4 is 4.74 Å². The maximum absolute atomic E-state index is 13.9. The van der Waals surface area contributed by atoms with Crippen molar-refractivity contribution in [2.75, 3.05) is 26.9 Å².